The highest BCUT2D eigenvalue weighted by Gasteiger charge is 2.23. The predicted octanol–water partition coefficient (Wildman–Crippen LogP) is 2.34. The van der Waals surface area contributed by atoms with Crippen LogP contribution in [0, 0.1) is 13.8 Å². The molecule has 1 heterocycles. The van der Waals surface area contributed by atoms with Crippen molar-refractivity contribution in [2.45, 2.75) is 13.8 Å². The molecule has 0 radical (unpaired) electrons. The van der Waals surface area contributed by atoms with Crippen LogP contribution in [-0.4, -0.2) is 15.0 Å². The number of benzene rings is 1. The summed E-state index contributed by atoms with van der Waals surface area (Å²) < 4.78 is 39.7. The zero-order valence-corrected chi connectivity index (χ0v) is 9.77. The van der Waals surface area contributed by atoms with E-state index in [2.05, 4.69) is 0 Å². The van der Waals surface area contributed by atoms with Gasteiger partial charge in [0.25, 0.3) is 0 Å². The molecule has 0 fully saturated rings. The highest BCUT2D eigenvalue weighted by atomic mass is 32.3. The lowest BCUT2D eigenvalue weighted by Gasteiger charge is -2.19. The molecule has 2 rings (SSSR count). The molecule has 0 atom stereocenters. The Kier molecular flexibility index (Phi) is 2.50. The van der Waals surface area contributed by atoms with Crippen molar-refractivity contribution >= 4 is 16.3 Å². The van der Waals surface area contributed by atoms with Gasteiger partial charge in [0, 0.05) is 5.56 Å². The molecule has 0 N–H and O–H groups in total. The van der Waals surface area contributed by atoms with Crippen LogP contribution in [0.2, 0.25) is 0 Å². The van der Waals surface area contributed by atoms with Gasteiger partial charge in [-0.3, -0.25) is 0 Å². The van der Waals surface area contributed by atoms with Crippen molar-refractivity contribution in [3.8, 4) is 5.75 Å². The number of fused-ring (bicyclic) bond motifs is 1. The molecule has 1 aliphatic heterocycles. The second-order valence-electron chi connectivity index (χ2n) is 3.78. The SMILES string of the molecule is Cc1ccc(C)c2c1C=C(S(=O)(=O)F)CO2. The fourth-order valence-corrected chi connectivity index (χ4v) is 2.12. The van der Waals surface area contributed by atoms with Gasteiger partial charge in [0.05, 0.1) is 0 Å². The monoisotopic (exact) mass is 242 g/mol. The summed E-state index contributed by atoms with van der Waals surface area (Å²) in [6.45, 7) is 3.45. The van der Waals surface area contributed by atoms with Crippen molar-refractivity contribution in [3.63, 3.8) is 0 Å². The fourth-order valence-electron chi connectivity index (χ4n) is 1.66. The molecule has 0 spiro atoms. The van der Waals surface area contributed by atoms with Crippen LogP contribution in [0.1, 0.15) is 16.7 Å². The van der Waals surface area contributed by atoms with Gasteiger partial charge in [-0.2, -0.15) is 8.42 Å². The van der Waals surface area contributed by atoms with E-state index >= 15 is 0 Å². The van der Waals surface area contributed by atoms with Gasteiger partial charge in [0.2, 0.25) is 0 Å². The van der Waals surface area contributed by atoms with Crippen molar-refractivity contribution in [2.24, 2.45) is 0 Å². The molecule has 0 saturated carbocycles. The van der Waals surface area contributed by atoms with E-state index in [4.69, 9.17) is 4.74 Å². The highest BCUT2D eigenvalue weighted by Crippen LogP contribution is 2.33. The molecule has 0 amide bonds. The molecule has 16 heavy (non-hydrogen) atoms. The molecule has 1 aromatic rings. The summed E-state index contributed by atoms with van der Waals surface area (Å²) in [5, 5.41) is 0. The minimum atomic E-state index is -4.66. The summed E-state index contributed by atoms with van der Waals surface area (Å²) in [6, 6.07) is 3.73. The van der Waals surface area contributed by atoms with E-state index in [1.165, 1.54) is 6.08 Å². The van der Waals surface area contributed by atoms with Crippen LogP contribution in [0.25, 0.3) is 6.08 Å². The van der Waals surface area contributed by atoms with Gasteiger partial charge in [-0.25, -0.2) is 0 Å². The van der Waals surface area contributed by atoms with Crippen molar-refractivity contribution in [1.29, 1.82) is 0 Å². The Labute approximate surface area is 93.8 Å². The van der Waals surface area contributed by atoms with Gasteiger partial charge in [0.15, 0.2) is 0 Å². The Morgan fingerprint density at radius 3 is 2.50 bits per heavy atom. The molecule has 0 bridgehead atoms. The lowest BCUT2D eigenvalue weighted by atomic mass is 10.0. The van der Waals surface area contributed by atoms with E-state index in [9.17, 15) is 12.3 Å². The quantitative estimate of drug-likeness (QED) is 0.710. The first-order chi connectivity index (χ1) is 7.39. The van der Waals surface area contributed by atoms with Gasteiger partial charge < -0.3 is 4.74 Å². The minimum absolute atomic E-state index is 0.240. The third-order valence-corrected chi connectivity index (χ3v) is 3.45. The van der Waals surface area contributed by atoms with E-state index in [-0.39, 0.29) is 11.5 Å². The molecule has 0 aliphatic carbocycles. The van der Waals surface area contributed by atoms with E-state index in [1.54, 1.807) is 0 Å². The average molecular weight is 242 g/mol. The summed E-state index contributed by atoms with van der Waals surface area (Å²) in [6.07, 6.45) is 1.34. The Hall–Kier alpha value is -1.36. The lowest BCUT2D eigenvalue weighted by Crippen LogP contribution is -2.13. The number of aryl methyl sites for hydroxylation is 2. The number of halogens is 1. The van der Waals surface area contributed by atoms with Gasteiger partial charge in [0.1, 0.15) is 17.3 Å². The van der Waals surface area contributed by atoms with Crippen LogP contribution in [0.15, 0.2) is 17.0 Å². The largest absolute Gasteiger partial charge is 0.487 e. The first kappa shape index (κ1) is 11.1. The third kappa shape index (κ3) is 1.82. The third-order valence-electron chi connectivity index (χ3n) is 2.59. The molecule has 3 nitrogen and oxygen atoms in total. The number of hydrogen-bond acceptors (Lipinski definition) is 3. The van der Waals surface area contributed by atoms with Gasteiger partial charge >= 0.3 is 10.2 Å². The molecular formula is C11H11FO3S. The lowest BCUT2D eigenvalue weighted by molar-refractivity contribution is 0.349. The molecule has 5 heteroatoms. The topological polar surface area (TPSA) is 43.4 Å². The molecule has 0 aromatic heterocycles. The van der Waals surface area contributed by atoms with Gasteiger partial charge in [-0.15, -0.1) is 3.89 Å². The maximum absolute atomic E-state index is 12.8. The second-order valence-corrected chi connectivity index (χ2v) is 5.18. The summed E-state index contributed by atoms with van der Waals surface area (Å²) in [4.78, 5) is -0.325. The molecular weight excluding hydrogens is 231 g/mol. The van der Waals surface area contributed by atoms with E-state index < -0.39 is 10.2 Å². The van der Waals surface area contributed by atoms with Crippen molar-refractivity contribution in [2.75, 3.05) is 6.61 Å². The van der Waals surface area contributed by atoms with Crippen molar-refractivity contribution < 1.29 is 17.0 Å². The Morgan fingerprint density at radius 1 is 1.25 bits per heavy atom. The Morgan fingerprint density at radius 2 is 1.88 bits per heavy atom. The van der Waals surface area contributed by atoms with Crippen LogP contribution < -0.4 is 4.74 Å². The van der Waals surface area contributed by atoms with Crippen LogP contribution >= 0.6 is 0 Å². The normalized spacial score (nSPS) is 15.1. The van der Waals surface area contributed by atoms with E-state index in [0.717, 1.165) is 11.1 Å². The number of rotatable bonds is 1. The van der Waals surface area contributed by atoms with Crippen LogP contribution in [0.3, 0.4) is 0 Å². The zero-order chi connectivity index (χ0) is 11.9. The molecule has 86 valence electrons. The predicted molar refractivity (Wildman–Crippen MR) is 59.4 cm³/mol. The molecule has 1 aromatic carbocycles. The number of hydrogen-bond donors (Lipinski definition) is 0. The fraction of sp³-hybridized carbons (Fsp3) is 0.273. The van der Waals surface area contributed by atoms with E-state index in [0.29, 0.717) is 11.3 Å². The summed E-state index contributed by atoms with van der Waals surface area (Å²) in [5.74, 6) is 0.632. The maximum atomic E-state index is 12.8. The second kappa shape index (κ2) is 3.59. The van der Waals surface area contributed by atoms with Crippen LogP contribution in [-0.2, 0) is 10.2 Å². The average Bonchev–Trinajstić information content (AvgIpc) is 2.22. The molecule has 0 unspecified atom stereocenters. The minimum Gasteiger partial charge on any atom is -0.487 e. The van der Waals surface area contributed by atoms with E-state index in [1.807, 2.05) is 26.0 Å². The summed E-state index contributed by atoms with van der Waals surface area (Å²) in [5.41, 5.74) is 2.41. The van der Waals surface area contributed by atoms with Crippen molar-refractivity contribution in [1.82, 2.24) is 0 Å². The van der Waals surface area contributed by atoms with Crippen LogP contribution in [0.5, 0.6) is 5.75 Å². The standard InChI is InChI=1S/C11H11FO3S/c1-7-3-4-8(2)11-10(7)5-9(6-15-11)16(12,13)14/h3-5H,6H2,1-2H3. The van der Waals surface area contributed by atoms with Crippen molar-refractivity contribution in [3.05, 3.63) is 33.7 Å². The summed E-state index contributed by atoms with van der Waals surface area (Å²) in [7, 11) is -4.66. The Bertz CT molecular complexity index is 573. The molecule has 1 aliphatic rings. The van der Waals surface area contributed by atoms with Gasteiger partial charge in [-0.1, -0.05) is 12.1 Å². The van der Waals surface area contributed by atoms with Crippen LogP contribution in [0.4, 0.5) is 3.89 Å². The molecule has 0 saturated heterocycles. The smallest absolute Gasteiger partial charge is 0.331 e. The number of ether oxygens (including phenoxy) is 1. The first-order valence-electron chi connectivity index (χ1n) is 4.78. The zero-order valence-electron chi connectivity index (χ0n) is 8.95. The highest BCUT2D eigenvalue weighted by molar-refractivity contribution is 7.90. The maximum Gasteiger partial charge on any atom is 0.331 e. The Balaban J connectivity index is 2.64. The first-order valence-corrected chi connectivity index (χ1v) is 6.16. The summed E-state index contributed by atoms with van der Waals surface area (Å²) >= 11 is 0. The van der Waals surface area contributed by atoms with Gasteiger partial charge in [-0.05, 0) is 31.1 Å².